The van der Waals surface area contributed by atoms with Gasteiger partial charge >= 0.3 is 0 Å². The number of hydrogen-bond acceptors (Lipinski definition) is 3. The van der Waals surface area contributed by atoms with Gasteiger partial charge in [-0.05, 0) is 71.3 Å². The predicted molar refractivity (Wildman–Crippen MR) is 209 cm³/mol. The Morgan fingerprint density at radius 1 is 0.431 bits per heavy atom. The monoisotopic (exact) mass is 652 g/mol. The third-order valence-corrected chi connectivity index (χ3v) is 10.2. The number of pyridine rings is 2. The Morgan fingerprint density at radius 3 is 1.92 bits per heavy atom. The van der Waals surface area contributed by atoms with Gasteiger partial charge in [0.15, 0.2) is 11.2 Å². The van der Waals surface area contributed by atoms with Gasteiger partial charge in [-0.15, -0.1) is 0 Å². The van der Waals surface area contributed by atoms with Gasteiger partial charge in [-0.25, -0.2) is 0 Å². The van der Waals surface area contributed by atoms with Crippen molar-refractivity contribution in [3.8, 4) is 33.6 Å². The van der Waals surface area contributed by atoms with E-state index in [4.69, 9.17) is 9.40 Å². The summed E-state index contributed by atoms with van der Waals surface area (Å²) in [5.74, 6) is 0. The van der Waals surface area contributed by atoms with Crippen molar-refractivity contribution < 1.29 is 4.42 Å². The molecule has 0 atom stereocenters. The number of benzene rings is 6. The summed E-state index contributed by atoms with van der Waals surface area (Å²) in [6, 6.07) is 56.1. The summed E-state index contributed by atoms with van der Waals surface area (Å²) in [7, 11) is 0. The third-order valence-electron chi connectivity index (χ3n) is 10.2. The van der Waals surface area contributed by atoms with Crippen molar-refractivity contribution in [3.05, 3.63) is 170 Å². The van der Waals surface area contributed by atoms with Crippen LogP contribution in [0.1, 0.15) is 0 Å². The number of aromatic nitrogens is 4. The minimum atomic E-state index is 0.720. The summed E-state index contributed by atoms with van der Waals surface area (Å²) in [4.78, 5) is 9.35. The van der Waals surface area contributed by atoms with E-state index >= 15 is 0 Å². The van der Waals surface area contributed by atoms with Crippen LogP contribution in [-0.2, 0) is 0 Å². The summed E-state index contributed by atoms with van der Waals surface area (Å²) in [6.45, 7) is 0. The van der Waals surface area contributed by atoms with Crippen LogP contribution in [0.2, 0.25) is 0 Å². The molecular formula is C46H28N4O. The summed E-state index contributed by atoms with van der Waals surface area (Å²) in [6.07, 6.45) is 3.65. The largest absolute Gasteiger partial charge is 0.450 e. The first-order valence-electron chi connectivity index (χ1n) is 17.2. The summed E-state index contributed by atoms with van der Waals surface area (Å²) < 4.78 is 11.2. The van der Waals surface area contributed by atoms with Crippen molar-refractivity contribution in [1.29, 1.82) is 0 Å². The highest BCUT2D eigenvalue weighted by molar-refractivity contribution is 6.24. The Morgan fingerprint density at radius 2 is 1.10 bits per heavy atom. The number of furan rings is 1. The van der Waals surface area contributed by atoms with E-state index in [-0.39, 0.29) is 0 Å². The molecule has 0 N–H and O–H groups in total. The fourth-order valence-electron chi connectivity index (χ4n) is 8.19. The highest BCUT2D eigenvalue weighted by atomic mass is 16.3. The first-order chi connectivity index (χ1) is 25.3. The topological polar surface area (TPSA) is 48.8 Å². The Bertz CT molecular complexity index is 3130. The average molecular weight is 653 g/mol. The molecule has 0 saturated heterocycles. The number of fused-ring (bicyclic) bond motifs is 9. The standard InChI is InChI=1S/C46H28N4O/c1-3-13-29(14-4-1)31-24-25-38-43(33-18-8-9-20-35(33)49(38)30-15-5-2-6-16-30)42(31)34-19-11-22-37-41(34)32-17-7-10-21-36(32)50(37)39-26-28-48-45-44-40(51-46(39)45)23-12-27-47-44/h1-28H. The maximum absolute atomic E-state index is 6.50. The van der Waals surface area contributed by atoms with Gasteiger partial charge in [-0.1, -0.05) is 103 Å². The molecule has 0 spiro atoms. The molecule has 5 heterocycles. The van der Waals surface area contributed by atoms with Crippen molar-refractivity contribution >= 4 is 65.8 Å². The van der Waals surface area contributed by atoms with E-state index < -0.39 is 0 Å². The van der Waals surface area contributed by atoms with Crippen molar-refractivity contribution in [2.75, 3.05) is 0 Å². The van der Waals surface area contributed by atoms with E-state index in [0.29, 0.717) is 0 Å². The molecule has 5 aromatic heterocycles. The molecule has 0 radical (unpaired) electrons. The lowest BCUT2D eigenvalue weighted by Gasteiger charge is -2.16. The molecule has 6 aromatic carbocycles. The van der Waals surface area contributed by atoms with Crippen molar-refractivity contribution in [2.24, 2.45) is 0 Å². The van der Waals surface area contributed by atoms with Gasteiger partial charge in [0.25, 0.3) is 0 Å². The van der Waals surface area contributed by atoms with Gasteiger partial charge in [0.2, 0.25) is 0 Å². The zero-order valence-electron chi connectivity index (χ0n) is 27.4. The van der Waals surface area contributed by atoms with Gasteiger partial charge in [0.1, 0.15) is 11.0 Å². The quantitative estimate of drug-likeness (QED) is 0.190. The van der Waals surface area contributed by atoms with Crippen LogP contribution in [0.3, 0.4) is 0 Å². The second-order valence-electron chi connectivity index (χ2n) is 12.9. The number of para-hydroxylation sites is 3. The van der Waals surface area contributed by atoms with Crippen LogP contribution in [-0.4, -0.2) is 19.1 Å². The molecule has 0 aliphatic carbocycles. The molecule has 0 unspecified atom stereocenters. The molecule has 0 aliphatic heterocycles. The Labute approximate surface area is 292 Å². The summed E-state index contributed by atoms with van der Waals surface area (Å²) in [5, 5.41) is 4.81. The molecule has 11 rings (SSSR count). The molecule has 51 heavy (non-hydrogen) atoms. The van der Waals surface area contributed by atoms with Crippen molar-refractivity contribution in [2.45, 2.75) is 0 Å². The van der Waals surface area contributed by atoms with Crippen LogP contribution < -0.4 is 0 Å². The first kappa shape index (κ1) is 27.9. The fourth-order valence-corrected chi connectivity index (χ4v) is 8.19. The van der Waals surface area contributed by atoms with Crippen LogP contribution in [0.4, 0.5) is 0 Å². The third kappa shape index (κ3) is 3.97. The van der Waals surface area contributed by atoms with E-state index in [1.807, 2.05) is 24.4 Å². The second-order valence-corrected chi connectivity index (χ2v) is 12.9. The van der Waals surface area contributed by atoms with E-state index in [2.05, 4.69) is 154 Å². The number of hydrogen-bond donors (Lipinski definition) is 0. The molecule has 5 nitrogen and oxygen atoms in total. The molecule has 0 bridgehead atoms. The maximum atomic E-state index is 6.50. The average Bonchev–Trinajstić information content (AvgIpc) is 3.86. The molecule has 5 heteroatoms. The van der Waals surface area contributed by atoms with Crippen molar-refractivity contribution in [3.63, 3.8) is 0 Å². The van der Waals surface area contributed by atoms with Gasteiger partial charge in [0, 0.05) is 45.2 Å². The van der Waals surface area contributed by atoms with Crippen LogP contribution in [0, 0.1) is 0 Å². The molecule has 238 valence electrons. The van der Waals surface area contributed by atoms with Crippen LogP contribution >= 0.6 is 0 Å². The lowest BCUT2D eigenvalue weighted by molar-refractivity contribution is 0.665. The maximum Gasteiger partial charge on any atom is 0.179 e. The van der Waals surface area contributed by atoms with E-state index in [0.717, 1.165) is 44.6 Å². The SMILES string of the molecule is c1ccc(-c2ccc3c(c2-c2cccc4c2c2ccccc2n4-c2ccnc4c2oc2cccnc24)c2ccccc2n3-c2ccccc2)cc1. The minimum absolute atomic E-state index is 0.720. The smallest absolute Gasteiger partial charge is 0.179 e. The molecular weight excluding hydrogens is 625 g/mol. The lowest BCUT2D eigenvalue weighted by Crippen LogP contribution is -1.96. The Balaban J connectivity index is 1.31. The summed E-state index contributed by atoms with van der Waals surface area (Å²) in [5.41, 5.74) is 14.3. The predicted octanol–water partition coefficient (Wildman–Crippen LogP) is 11.9. The molecule has 0 aliphatic rings. The van der Waals surface area contributed by atoms with E-state index in [1.165, 1.54) is 54.8 Å². The van der Waals surface area contributed by atoms with Crippen LogP contribution in [0.25, 0.3) is 99.4 Å². The number of rotatable bonds is 4. The zero-order chi connectivity index (χ0) is 33.5. The molecule has 0 fully saturated rings. The first-order valence-corrected chi connectivity index (χ1v) is 17.2. The van der Waals surface area contributed by atoms with E-state index in [9.17, 15) is 0 Å². The van der Waals surface area contributed by atoms with Crippen molar-refractivity contribution in [1.82, 2.24) is 19.1 Å². The van der Waals surface area contributed by atoms with Gasteiger partial charge in [-0.2, -0.15) is 0 Å². The Hall–Kier alpha value is -6.98. The summed E-state index contributed by atoms with van der Waals surface area (Å²) >= 11 is 0. The van der Waals surface area contributed by atoms with E-state index in [1.54, 1.807) is 6.20 Å². The van der Waals surface area contributed by atoms with Crippen LogP contribution in [0.5, 0.6) is 0 Å². The lowest BCUT2D eigenvalue weighted by atomic mass is 9.88. The minimum Gasteiger partial charge on any atom is -0.450 e. The zero-order valence-corrected chi connectivity index (χ0v) is 27.4. The van der Waals surface area contributed by atoms with Gasteiger partial charge in [0.05, 0.1) is 27.8 Å². The normalized spacial score (nSPS) is 11.9. The highest BCUT2D eigenvalue weighted by Crippen LogP contribution is 2.48. The molecule has 0 amide bonds. The Kier molecular flexibility index (Phi) is 5.89. The highest BCUT2D eigenvalue weighted by Gasteiger charge is 2.24. The van der Waals surface area contributed by atoms with Crippen LogP contribution in [0.15, 0.2) is 175 Å². The second kappa shape index (κ2) is 10.8. The van der Waals surface area contributed by atoms with Gasteiger partial charge < -0.3 is 13.6 Å². The fraction of sp³-hybridized carbons (Fsp3) is 0. The van der Waals surface area contributed by atoms with Gasteiger partial charge in [-0.3, -0.25) is 9.97 Å². The molecule has 0 saturated carbocycles. The molecule has 11 aromatic rings. The number of nitrogens with zero attached hydrogens (tertiary/aromatic N) is 4.